The van der Waals surface area contributed by atoms with E-state index in [0.717, 1.165) is 12.1 Å². The van der Waals surface area contributed by atoms with Crippen LogP contribution in [0.15, 0.2) is 96.1 Å². The summed E-state index contributed by atoms with van der Waals surface area (Å²) in [5, 5.41) is 6.84. The van der Waals surface area contributed by atoms with E-state index in [2.05, 4.69) is 75.4 Å². The van der Waals surface area contributed by atoms with Crippen LogP contribution >= 0.6 is 0 Å². The highest BCUT2D eigenvalue weighted by molar-refractivity contribution is 6.08. The number of amidine groups is 1. The van der Waals surface area contributed by atoms with Gasteiger partial charge < -0.3 is 10.5 Å². The minimum absolute atomic E-state index is 0.329. The molecule has 0 amide bonds. The lowest BCUT2D eigenvalue weighted by molar-refractivity contribution is 0.342. The Kier molecular flexibility index (Phi) is 6.66. The van der Waals surface area contributed by atoms with Crippen LogP contribution in [-0.2, 0) is 17.6 Å². The zero-order valence-corrected chi connectivity index (χ0v) is 19.3. The first-order valence-electron chi connectivity index (χ1n) is 11.9. The second kappa shape index (κ2) is 10.3. The lowest BCUT2D eigenvalue weighted by Crippen LogP contribution is -2.10. The van der Waals surface area contributed by atoms with Crippen LogP contribution in [0.5, 0.6) is 0 Å². The minimum Gasteiger partial charge on any atom is -0.463 e. The quantitative estimate of drug-likeness (QED) is 0.278. The normalized spacial score (nSPS) is 14.3. The fourth-order valence-corrected chi connectivity index (χ4v) is 4.71. The molecular weight excluding hydrogens is 418 g/mol. The maximum Gasteiger partial charge on any atom is 0.282 e. The van der Waals surface area contributed by atoms with Gasteiger partial charge in [0.2, 0.25) is 0 Å². The fraction of sp³-hybridized carbons (Fsp3) is 0.200. The van der Waals surface area contributed by atoms with Crippen molar-refractivity contribution >= 4 is 38.5 Å². The first-order chi connectivity index (χ1) is 16.8. The molecule has 0 radical (unpaired) electrons. The van der Waals surface area contributed by atoms with Gasteiger partial charge in [0.15, 0.2) is 0 Å². The van der Waals surface area contributed by atoms with Gasteiger partial charge in [-0.15, -0.1) is 0 Å². The molecule has 2 aliphatic rings. The van der Waals surface area contributed by atoms with Crippen molar-refractivity contribution in [1.82, 2.24) is 4.98 Å². The Morgan fingerprint density at radius 3 is 2.24 bits per heavy atom. The fourth-order valence-electron chi connectivity index (χ4n) is 4.71. The van der Waals surface area contributed by atoms with Crippen LogP contribution in [0.4, 0.5) is 0 Å². The average molecular weight is 448 g/mol. The summed E-state index contributed by atoms with van der Waals surface area (Å²) in [7, 11) is 0. The molecule has 0 atom stereocenters. The third-order valence-corrected chi connectivity index (χ3v) is 6.38. The molecule has 0 bridgehead atoms. The first kappa shape index (κ1) is 21.9. The van der Waals surface area contributed by atoms with E-state index in [9.17, 15) is 0 Å². The van der Waals surface area contributed by atoms with Crippen LogP contribution in [0, 0.1) is 0 Å². The van der Waals surface area contributed by atoms with Gasteiger partial charge in [0.05, 0.1) is 12.1 Å². The number of pyridine rings is 1. The van der Waals surface area contributed by atoms with Crippen molar-refractivity contribution in [2.45, 2.75) is 25.7 Å². The number of aromatic nitrogens is 1. The number of hydrogen-bond acceptors (Lipinski definition) is 4. The van der Waals surface area contributed by atoms with Crippen molar-refractivity contribution in [3.05, 3.63) is 102 Å². The van der Waals surface area contributed by atoms with E-state index in [4.69, 9.17) is 5.73 Å². The predicted octanol–water partition coefficient (Wildman–Crippen LogP) is 6.44. The van der Waals surface area contributed by atoms with E-state index in [1.165, 1.54) is 52.6 Å². The maximum atomic E-state index is 5.06. The molecule has 5 aromatic rings. The molecule has 0 saturated heterocycles. The van der Waals surface area contributed by atoms with Gasteiger partial charge in [-0.25, -0.2) is 4.99 Å². The highest BCUT2D eigenvalue weighted by Crippen LogP contribution is 2.33. The summed E-state index contributed by atoms with van der Waals surface area (Å²) in [6.07, 6.45) is 7.02. The molecule has 4 aromatic carbocycles. The number of nitrogens with two attached hydrogens (primary N) is 1. The number of para-hydroxylation sites is 1. The summed E-state index contributed by atoms with van der Waals surface area (Å²) in [4.78, 5) is 7.89. The molecule has 1 aromatic heterocycles. The number of nitrogens with zero attached hydrogens (tertiary/aromatic N) is 2. The first-order valence-corrected chi connectivity index (χ1v) is 11.9. The third-order valence-electron chi connectivity index (χ3n) is 6.38. The second-order valence-corrected chi connectivity index (χ2v) is 8.56. The summed E-state index contributed by atoms with van der Waals surface area (Å²) >= 11 is 0. The van der Waals surface area contributed by atoms with E-state index >= 15 is 0 Å². The predicted molar refractivity (Wildman–Crippen MR) is 142 cm³/mol. The van der Waals surface area contributed by atoms with Gasteiger partial charge in [-0.05, 0) is 70.5 Å². The summed E-state index contributed by atoms with van der Waals surface area (Å²) in [6.45, 7) is 1.39. The molecule has 170 valence electrons. The molecular formula is C30H29N3O. The Bertz CT molecular complexity index is 1390. The van der Waals surface area contributed by atoms with E-state index < -0.39 is 0 Å². The molecule has 2 N–H and O–H groups in total. The summed E-state index contributed by atoms with van der Waals surface area (Å²) < 4.78 is 4.68. The Balaban J connectivity index is 0.000000126. The lowest BCUT2D eigenvalue weighted by Gasteiger charge is -2.18. The monoisotopic (exact) mass is 447 g/mol. The van der Waals surface area contributed by atoms with Crippen LogP contribution in [0.2, 0.25) is 0 Å². The minimum atomic E-state index is 0.329. The number of aliphatic imine (C=N–C) groups is 1. The molecule has 1 aliphatic carbocycles. The number of hydrogen-bond donors (Lipinski definition) is 1. The Morgan fingerprint density at radius 2 is 1.44 bits per heavy atom. The topological polar surface area (TPSA) is 60.5 Å². The highest BCUT2D eigenvalue weighted by atomic mass is 16.5. The average Bonchev–Trinajstić information content (AvgIpc) is 3.40. The van der Waals surface area contributed by atoms with Gasteiger partial charge in [0, 0.05) is 11.6 Å². The largest absolute Gasteiger partial charge is 0.463 e. The highest BCUT2D eigenvalue weighted by Gasteiger charge is 2.13. The SMILES string of the molecule is NC1=NCCO1.c1ccc2c(c1)ccc1c3c(ccc12)CCCC3.c1ccc2ncccc2c1. The van der Waals surface area contributed by atoms with Crippen molar-refractivity contribution in [3.8, 4) is 0 Å². The number of benzene rings is 4. The second-order valence-electron chi connectivity index (χ2n) is 8.56. The number of rotatable bonds is 0. The number of aryl methyl sites for hydroxylation is 2. The standard InChI is InChI=1S/C18H16.C9H7N.C3H6N2O/c1-3-7-15-13(5-1)9-11-18-16-8-4-2-6-14(16)10-12-17(15)18;1-2-6-9-8(4-1)5-3-7-10-9;4-3-5-1-2-6-3/h1,3,5,7,9-12H,2,4,6,8H2;1-7H;1-2H2,(H2,4,5). The van der Waals surface area contributed by atoms with Gasteiger partial charge in [0.1, 0.15) is 6.61 Å². The summed E-state index contributed by atoms with van der Waals surface area (Å²) in [5.74, 6) is 0. The van der Waals surface area contributed by atoms with Crippen molar-refractivity contribution < 1.29 is 4.74 Å². The van der Waals surface area contributed by atoms with Gasteiger partial charge in [-0.3, -0.25) is 4.98 Å². The summed E-state index contributed by atoms with van der Waals surface area (Å²) in [6, 6.07) is 30.4. The van der Waals surface area contributed by atoms with Gasteiger partial charge in [-0.1, -0.05) is 72.8 Å². The van der Waals surface area contributed by atoms with E-state index in [-0.39, 0.29) is 0 Å². The zero-order chi connectivity index (χ0) is 23.2. The lowest BCUT2D eigenvalue weighted by atomic mass is 9.86. The van der Waals surface area contributed by atoms with Crippen LogP contribution in [0.25, 0.3) is 32.4 Å². The van der Waals surface area contributed by atoms with Crippen molar-refractivity contribution in [2.24, 2.45) is 10.7 Å². The molecule has 2 heterocycles. The zero-order valence-electron chi connectivity index (χ0n) is 19.3. The van der Waals surface area contributed by atoms with Crippen LogP contribution < -0.4 is 5.73 Å². The molecule has 0 saturated carbocycles. The van der Waals surface area contributed by atoms with Crippen LogP contribution in [0.3, 0.4) is 0 Å². The molecule has 1 aliphatic heterocycles. The van der Waals surface area contributed by atoms with Crippen molar-refractivity contribution in [2.75, 3.05) is 13.2 Å². The Morgan fingerprint density at radius 1 is 0.676 bits per heavy atom. The molecule has 0 unspecified atom stereocenters. The van der Waals surface area contributed by atoms with Gasteiger partial charge in [0.25, 0.3) is 6.02 Å². The summed E-state index contributed by atoms with van der Waals surface area (Å²) in [5.41, 5.74) is 9.30. The van der Waals surface area contributed by atoms with Crippen molar-refractivity contribution in [3.63, 3.8) is 0 Å². The molecule has 4 heteroatoms. The van der Waals surface area contributed by atoms with Gasteiger partial charge in [-0.2, -0.15) is 0 Å². The van der Waals surface area contributed by atoms with E-state index in [1.54, 1.807) is 11.1 Å². The molecule has 0 spiro atoms. The van der Waals surface area contributed by atoms with Gasteiger partial charge >= 0.3 is 0 Å². The molecule has 7 rings (SSSR count). The molecule has 4 nitrogen and oxygen atoms in total. The van der Waals surface area contributed by atoms with Crippen LogP contribution in [0.1, 0.15) is 24.0 Å². The smallest absolute Gasteiger partial charge is 0.282 e. The Hall–Kier alpha value is -3.92. The maximum absolute atomic E-state index is 5.06. The third kappa shape index (κ3) is 4.86. The molecule has 34 heavy (non-hydrogen) atoms. The molecule has 0 fully saturated rings. The number of ether oxygens (including phenoxy) is 1. The van der Waals surface area contributed by atoms with E-state index in [1.807, 2.05) is 30.5 Å². The Labute approximate surface area is 200 Å². The number of fused-ring (bicyclic) bond motifs is 6. The van der Waals surface area contributed by atoms with E-state index in [0.29, 0.717) is 12.6 Å². The van der Waals surface area contributed by atoms with Crippen molar-refractivity contribution in [1.29, 1.82) is 0 Å². The van der Waals surface area contributed by atoms with Crippen LogP contribution in [-0.4, -0.2) is 24.2 Å².